The van der Waals surface area contributed by atoms with Gasteiger partial charge in [0.25, 0.3) is 5.91 Å². The van der Waals surface area contributed by atoms with Gasteiger partial charge in [0.2, 0.25) is 0 Å². The molecule has 7 rings (SSSR count). The van der Waals surface area contributed by atoms with Crippen LogP contribution in [0.2, 0.25) is 0 Å². The van der Waals surface area contributed by atoms with Gasteiger partial charge >= 0.3 is 0 Å². The highest BCUT2D eigenvalue weighted by atomic mass is 16.1. The molecule has 6 heteroatoms. The summed E-state index contributed by atoms with van der Waals surface area (Å²) in [5.74, 6) is 3.06. The number of carbonyl (C=O) groups excluding carboxylic acids is 1. The van der Waals surface area contributed by atoms with Crippen molar-refractivity contribution >= 4 is 16.8 Å². The minimum atomic E-state index is -0.508. The van der Waals surface area contributed by atoms with Crippen LogP contribution >= 0.6 is 0 Å². The molecule has 1 saturated heterocycles. The molecule has 3 atom stereocenters. The normalized spacial score (nSPS) is 23.6. The van der Waals surface area contributed by atoms with E-state index in [9.17, 15) is 4.79 Å². The fourth-order valence-electron chi connectivity index (χ4n) is 6.89. The number of fused-ring (bicyclic) bond motifs is 2. The number of rotatable bonds is 7. The van der Waals surface area contributed by atoms with Crippen LogP contribution in [0.25, 0.3) is 16.6 Å². The number of likely N-dealkylation sites (tertiary alicyclic amines) is 1. The molecule has 3 fully saturated rings. The summed E-state index contributed by atoms with van der Waals surface area (Å²) in [6, 6.07) is 19.6. The second-order valence-electron chi connectivity index (χ2n) is 11.7. The molecule has 2 aromatic heterocycles. The lowest BCUT2D eigenvalue weighted by Crippen LogP contribution is -2.24. The lowest BCUT2D eigenvalue weighted by atomic mass is 9.95. The molecule has 2 saturated carbocycles. The van der Waals surface area contributed by atoms with E-state index in [0.717, 1.165) is 47.0 Å². The average molecular weight is 494 g/mol. The molecule has 0 unspecified atom stereocenters. The second kappa shape index (κ2) is 8.88. The molecule has 1 amide bonds. The van der Waals surface area contributed by atoms with Crippen LogP contribution in [0.1, 0.15) is 58.9 Å². The molecule has 3 heterocycles. The van der Waals surface area contributed by atoms with Crippen LogP contribution in [0.15, 0.2) is 60.8 Å². The van der Waals surface area contributed by atoms with E-state index in [2.05, 4.69) is 69.3 Å². The van der Waals surface area contributed by atoms with E-state index in [0.29, 0.717) is 0 Å². The summed E-state index contributed by atoms with van der Waals surface area (Å²) in [6.07, 6.45) is 7.81. The van der Waals surface area contributed by atoms with Crippen LogP contribution in [0.4, 0.5) is 0 Å². The predicted octanol–water partition coefficient (Wildman–Crippen LogP) is 5.12. The molecule has 1 aliphatic heterocycles. The molecule has 190 valence electrons. The summed E-state index contributed by atoms with van der Waals surface area (Å²) >= 11 is 0. The monoisotopic (exact) mass is 493 g/mol. The number of carbonyl (C=O) groups is 1. The third-order valence-electron chi connectivity index (χ3n) is 8.98. The minimum Gasteiger partial charge on any atom is -0.364 e. The van der Waals surface area contributed by atoms with Crippen molar-refractivity contribution in [3.63, 3.8) is 0 Å². The summed E-state index contributed by atoms with van der Waals surface area (Å²) in [5, 5.41) is 5.52. The van der Waals surface area contributed by atoms with Crippen LogP contribution in [-0.4, -0.2) is 44.8 Å². The Balaban J connectivity index is 1.02. The first-order valence-corrected chi connectivity index (χ1v) is 13.8. The molecule has 2 N–H and O–H groups in total. The molecular formula is C31H35N5O. The van der Waals surface area contributed by atoms with Crippen molar-refractivity contribution in [3.05, 3.63) is 83.3 Å². The first kappa shape index (κ1) is 22.8. The highest BCUT2D eigenvalue weighted by Gasteiger charge is 2.42. The first-order chi connectivity index (χ1) is 18.0. The van der Waals surface area contributed by atoms with E-state index >= 15 is 0 Å². The Bertz CT molecular complexity index is 1450. The van der Waals surface area contributed by atoms with E-state index in [-0.39, 0.29) is 5.69 Å². The van der Waals surface area contributed by atoms with E-state index in [1.54, 1.807) is 10.7 Å². The van der Waals surface area contributed by atoms with Gasteiger partial charge in [0.1, 0.15) is 0 Å². The van der Waals surface area contributed by atoms with Gasteiger partial charge in [0.05, 0.1) is 5.69 Å². The van der Waals surface area contributed by atoms with Crippen molar-refractivity contribution < 1.29 is 4.79 Å². The number of primary amides is 1. The summed E-state index contributed by atoms with van der Waals surface area (Å²) in [6.45, 7) is 6.82. The molecule has 37 heavy (non-hydrogen) atoms. The predicted molar refractivity (Wildman–Crippen MR) is 146 cm³/mol. The van der Waals surface area contributed by atoms with E-state index in [1.807, 2.05) is 6.92 Å². The topological polar surface area (TPSA) is 69.1 Å². The minimum absolute atomic E-state index is 0.287. The van der Waals surface area contributed by atoms with Crippen LogP contribution in [-0.2, 0) is 6.54 Å². The highest BCUT2D eigenvalue weighted by molar-refractivity contribution is 5.91. The highest BCUT2D eigenvalue weighted by Crippen LogP contribution is 2.47. The van der Waals surface area contributed by atoms with E-state index in [4.69, 9.17) is 5.73 Å². The lowest BCUT2D eigenvalue weighted by molar-refractivity contribution is 0.0995. The lowest BCUT2D eigenvalue weighted by Gasteiger charge is -2.19. The fourth-order valence-corrected chi connectivity index (χ4v) is 6.89. The summed E-state index contributed by atoms with van der Waals surface area (Å²) in [4.78, 5) is 14.3. The first-order valence-electron chi connectivity index (χ1n) is 13.8. The van der Waals surface area contributed by atoms with Crippen LogP contribution in [0.3, 0.4) is 0 Å². The van der Waals surface area contributed by atoms with Crippen molar-refractivity contribution in [3.8, 4) is 5.69 Å². The number of nitrogens with zero attached hydrogens (tertiary/aromatic N) is 4. The largest absolute Gasteiger partial charge is 0.364 e. The fraction of sp³-hybridized carbons (Fsp3) is 0.419. The Morgan fingerprint density at radius 3 is 2.43 bits per heavy atom. The SMILES string of the molecule is Cc1cc(C(N)=O)nn1-c1ccc2c(ccn2Cc2ccc([C@@H]3C[C@@H]4CN(CC5CC5)C[C@@H]4C3)cc2)c1. The zero-order chi connectivity index (χ0) is 25.1. The Labute approximate surface area is 218 Å². The average Bonchev–Trinajstić information content (AvgIpc) is 3.18. The van der Waals surface area contributed by atoms with Crippen molar-refractivity contribution in [1.29, 1.82) is 0 Å². The molecule has 0 radical (unpaired) electrons. The van der Waals surface area contributed by atoms with Gasteiger partial charge in [0, 0.05) is 49.0 Å². The number of aromatic nitrogens is 3. The quantitative estimate of drug-likeness (QED) is 0.389. The molecule has 0 spiro atoms. The number of benzene rings is 2. The number of amides is 1. The van der Waals surface area contributed by atoms with Gasteiger partial charge in [-0.25, -0.2) is 4.68 Å². The van der Waals surface area contributed by atoms with E-state index < -0.39 is 5.91 Å². The van der Waals surface area contributed by atoms with Crippen molar-refractivity contribution in [1.82, 2.24) is 19.2 Å². The number of hydrogen-bond acceptors (Lipinski definition) is 3. The van der Waals surface area contributed by atoms with Crippen molar-refractivity contribution in [2.45, 2.75) is 45.1 Å². The molecule has 3 aliphatic rings. The Hall–Kier alpha value is -3.38. The van der Waals surface area contributed by atoms with Crippen LogP contribution < -0.4 is 5.73 Å². The zero-order valence-corrected chi connectivity index (χ0v) is 21.5. The third kappa shape index (κ3) is 4.37. The van der Waals surface area contributed by atoms with Crippen molar-refractivity contribution in [2.24, 2.45) is 23.5 Å². The summed E-state index contributed by atoms with van der Waals surface area (Å²) in [5.41, 5.74) is 11.5. The van der Waals surface area contributed by atoms with E-state index in [1.165, 1.54) is 62.0 Å². The van der Waals surface area contributed by atoms with Gasteiger partial charge in [0.15, 0.2) is 5.69 Å². The second-order valence-corrected chi connectivity index (χ2v) is 11.7. The smallest absolute Gasteiger partial charge is 0.269 e. The van der Waals surface area contributed by atoms with Gasteiger partial charge < -0.3 is 15.2 Å². The molecule has 0 bridgehead atoms. The zero-order valence-electron chi connectivity index (χ0n) is 21.5. The molecule has 2 aliphatic carbocycles. The summed E-state index contributed by atoms with van der Waals surface area (Å²) < 4.78 is 4.07. The van der Waals surface area contributed by atoms with Crippen LogP contribution in [0.5, 0.6) is 0 Å². The summed E-state index contributed by atoms with van der Waals surface area (Å²) in [7, 11) is 0. The van der Waals surface area contributed by atoms with Gasteiger partial charge in [-0.15, -0.1) is 0 Å². The number of aryl methyl sites for hydroxylation is 1. The number of hydrogen-bond donors (Lipinski definition) is 1. The third-order valence-corrected chi connectivity index (χ3v) is 8.98. The maximum atomic E-state index is 11.5. The van der Waals surface area contributed by atoms with Crippen LogP contribution in [0, 0.1) is 24.7 Å². The van der Waals surface area contributed by atoms with Gasteiger partial charge in [-0.05, 0) is 97.7 Å². The number of nitrogens with two attached hydrogens (primary N) is 1. The van der Waals surface area contributed by atoms with Gasteiger partial charge in [-0.2, -0.15) is 5.10 Å². The Kier molecular flexibility index (Phi) is 5.47. The maximum absolute atomic E-state index is 11.5. The van der Waals surface area contributed by atoms with Crippen molar-refractivity contribution in [2.75, 3.05) is 19.6 Å². The Morgan fingerprint density at radius 2 is 1.76 bits per heavy atom. The Morgan fingerprint density at radius 1 is 1.00 bits per heavy atom. The molecule has 4 aromatic rings. The standard InChI is InChI=1S/C31H35N5O/c1-20-12-29(31(32)37)33-36(20)28-8-9-30-24(15-28)10-11-35(30)17-22-4-6-23(7-5-22)25-13-26-18-34(16-21-2-3-21)19-27(26)14-25/h4-12,15,21,25-27H,2-3,13-14,16-19H2,1H3,(H2,32,37)/t25-,26-,27+. The van der Waals surface area contributed by atoms with Gasteiger partial charge in [-0.3, -0.25) is 4.79 Å². The maximum Gasteiger partial charge on any atom is 0.269 e. The van der Waals surface area contributed by atoms with Gasteiger partial charge in [-0.1, -0.05) is 24.3 Å². The molecule has 2 aromatic carbocycles. The molecular weight excluding hydrogens is 458 g/mol. The molecule has 6 nitrogen and oxygen atoms in total.